The van der Waals surface area contributed by atoms with Crippen LogP contribution in [0.3, 0.4) is 0 Å². The minimum Gasteiger partial charge on any atom is -0.385 e. The number of aliphatic hydroxyl groups excluding tert-OH is 1. The van der Waals surface area contributed by atoms with Crippen LogP contribution in [0.2, 0.25) is 0 Å². The Morgan fingerprint density at radius 1 is 1.26 bits per heavy atom. The van der Waals surface area contributed by atoms with Crippen LogP contribution in [0.4, 0.5) is 10.2 Å². The van der Waals surface area contributed by atoms with E-state index in [9.17, 15) is 19.4 Å². The van der Waals surface area contributed by atoms with Crippen molar-refractivity contribution < 1.29 is 24.1 Å². The molecule has 0 aliphatic carbocycles. The Bertz CT molecular complexity index is 966. The number of alkyl halides is 1. The van der Waals surface area contributed by atoms with Crippen LogP contribution in [-0.4, -0.2) is 55.5 Å². The Labute approximate surface area is 152 Å². The van der Waals surface area contributed by atoms with Gasteiger partial charge in [-0.25, -0.2) is 24.4 Å². The maximum Gasteiger partial charge on any atom is 0.256 e. The minimum atomic E-state index is -1.80. The lowest BCUT2D eigenvalue weighted by Crippen LogP contribution is -2.29. The lowest BCUT2D eigenvalue weighted by Gasteiger charge is -2.16. The van der Waals surface area contributed by atoms with Crippen LogP contribution in [0.1, 0.15) is 16.6 Å². The number of aliphatic hydroxyl groups is 1. The van der Waals surface area contributed by atoms with Crippen molar-refractivity contribution in [2.75, 3.05) is 11.9 Å². The van der Waals surface area contributed by atoms with Crippen molar-refractivity contribution in [3.8, 4) is 0 Å². The number of benzene rings is 1. The van der Waals surface area contributed by atoms with E-state index in [0.717, 1.165) is 0 Å². The van der Waals surface area contributed by atoms with Gasteiger partial charge in [-0.3, -0.25) is 9.36 Å². The number of rotatable bonds is 4. The van der Waals surface area contributed by atoms with Gasteiger partial charge in [0.25, 0.3) is 5.91 Å². The number of imidazole rings is 1. The fourth-order valence-electron chi connectivity index (χ4n) is 2.97. The van der Waals surface area contributed by atoms with Gasteiger partial charge in [0, 0.05) is 5.56 Å². The van der Waals surface area contributed by atoms with Crippen LogP contribution >= 0.6 is 0 Å². The Morgan fingerprint density at radius 3 is 2.74 bits per heavy atom. The highest BCUT2D eigenvalue weighted by molar-refractivity contribution is 6.06. The molecule has 0 unspecified atom stereocenters. The summed E-state index contributed by atoms with van der Waals surface area (Å²) in [6.45, 7) is -0.811. The lowest BCUT2D eigenvalue weighted by molar-refractivity contribution is -0.0594. The van der Waals surface area contributed by atoms with E-state index in [0.29, 0.717) is 5.56 Å². The Balaban J connectivity index is 1.65. The predicted molar refractivity (Wildman–Crippen MR) is 90.1 cm³/mol. The Morgan fingerprint density at radius 2 is 2.04 bits per heavy atom. The monoisotopic (exact) mass is 372 g/mol. The molecule has 1 fully saturated rings. The van der Waals surface area contributed by atoms with Gasteiger partial charge in [0.2, 0.25) is 0 Å². The second-order valence-electron chi connectivity index (χ2n) is 6.03. The highest BCUT2D eigenvalue weighted by Gasteiger charge is 2.45. The fraction of sp³-hybridized carbons (Fsp3) is 0.294. The van der Waals surface area contributed by atoms with Gasteiger partial charge >= 0.3 is 0 Å². The number of aromatic nitrogens is 4. The summed E-state index contributed by atoms with van der Waals surface area (Å²) >= 11 is 0. The number of hydrogen-bond donors (Lipinski definition) is 2. The summed E-state index contributed by atoms with van der Waals surface area (Å²) < 4.78 is 20.6. The van der Waals surface area contributed by atoms with Crippen molar-refractivity contribution in [3.63, 3.8) is 0 Å². The van der Waals surface area contributed by atoms with Gasteiger partial charge in [-0.1, -0.05) is 18.2 Å². The molecule has 1 saturated heterocycles. The zero-order valence-corrected chi connectivity index (χ0v) is 13.9. The third kappa shape index (κ3) is 3.03. The zero-order chi connectivity index (χ0) is 19.0. The van der Waals surface area contributed by atoms with Gasteiger partial charge in [0.05, 0.1) is 6.33 Å². The molecule has 139 valence electrons. The number of nitrogens with one attached hydrogen (secondary N) is 1. The second kappa shape index (κ2) is 6.99. The number of carbonyl (C=O) groups excluding carboxylic acids is 1. The number of anilines is 1. The summed E-state index contributed by atoms with van der Waals surface area (Å²) in [5.74, 6) is -0.213. The first-order valence-electron chi connectivity index (χ1n) is 8.19. The zero-order valence-electron chi connectivity index (χ0n) is 13.9. The standard InChI is InChI=1S/C17H15FN5O4/c18-11-10(6-24)27-17(13(11)25)23-8-21-12-14(19-7-20-15(12)23)22-16(26)9-4-2-1-3-5-9/h1-5,7-8,10-11,13,17,25H,6H2,(H,19,20,22,26)/t10-,11+,13-,17-/m1/s1. The third-order valence-corrected chi connectivity index (χ3v) is 4.35. The fourth-order valence-corrected chi connectivity index (χ4v) is 2.97. The van der Waals surface area contributed by atoms with Crippen LogP contribution in [0.25, 0.3) is 11.2 Å². The van der Waals surface area contributed by atoms with Crippen molar-refractivity contribution in [2.24, 2.45) is 0 Å². The van der Waals surface area contributed by atoms with E-state index in [2.05, 4.69) is 20.3 Å². The van der Waals surface area contributed by atoms with Gasteiger partial charge in [0.1, 0.15) is 25.1 Å². The van der Waals surface area contributed by atoms with Crippen LogP contribution < -0.4 is 5.32 Å². The molecule has 4 atom stereocenters. The van der Waals surface area contributed by atoms with Crippen molar-refractivity contribution in [3.05, 3.63) is 48.5 Å². The van der Waals surface area contributed by atoms with E-state index in [-0.39, 0.29) is 22.9 Å². The average molecular weight is 372 g/mol. The summed E-state index contributed by atoms with van der Waals surface area (Å²) in [5.41, 5.74) is 0.923. The quantitative estimate of drug-likeness (QED) is 0.707. The van der Waals surface area contributed by atoms with Crippen molar-refractivity contribution >= 4 is 22.9 Å². The number of nitrogens with zero attached hydrogens (tertiary/aromatic N) is 4. The molecule has 0 spiro atoms. The van der Waals surface area contributed by atoms with E-state index in [1.54, 1.807) is 30.3 Å². The maximum absolute atomic E-state index is 14.0. The first kappa shape index (κ1) is 17.5. The molecule has 0 bridgehead atoms. The minimum absolute atomic E-state index is 0.164. The van der Waals surface area contributed by atoms with Crippen LogP contribution in [0.5, 0.6) is 0 Å². The van der Waals surface area contributed by atoms with Gasteiger partial charge in [-0.05, 0) is 12.1 Å². The number of fused-ring (bicyclic) bond motifs is 1. The molecule has 1 amide bonds. The second-order valence-corrected chi connectivity index (χ2v) is 6.03. The number of hydrogen-bond acceptors (Lipinski definition) is 6. The van der Waals surface area contributed by atoms with E-state index in [4.69, 9.17) is 4.74 Å². The SMILES string of the molecule is [O]C[C@H]1O[C@@H](n2cnc3c(NC(=O)c4ccccc4)ncnc32)[C@H](O)[C@H]1F. The molecule has 2 N–H and O–H groups in total. The van der Waals surface area contributed by atoms with Gasteiger partial charge < -0.3 is 15.2 Å². The molecule has 27 heavy (non-hydrogen) atoms. The number of carbonyl (C=O) groups is 1. The highest BCUT2D eigenvalue weighted by Crippen LogP contribution is 2.33. The van der Waals surface area contributed by atoms with E-state index >= 15 is 0 Å². The molecule has 4 rings (SSSR count). The van der Waals surface area contributed by atoms with Crippen LogP contribution in [0.15, 0.2) is 43.0 Å². The van der Waals surface area contributed by atoms with Gasteiger partial charge in [-0.2, -0.15) is 0 Å². The molecular formula is C17H15FN5O4. The normalized spacial score (nSPS) is 25.0. The molecule has 3 aromatic rings. The number of ether oxygens (including phenoxy) is 1. The summed E-state index contributed by atoms with van der Waals surface area (Å²) in [7, 11) is 0. The lowest BCUT2D eigenvalue weighted by atomic mass is 10.1. The topological polar surface area (TPSA) is 122 Å². The van der Waals surface area contributed by atoms with E-state index < -0.39 is 31.2 Å². The van der Waals surface area contributed by atoms with Gasteiger partial charge in [-0.15, -0.1) is 0 Å². The first-order chi connectivity index (χ1) is 13.1. The van der Waals surface area contributed by atoms with E-state index in [1.807, 2.05) is 0 Å². The number of halogens is 1. The molecule has 0 saturated carbocycles. The smallest absolute Gasteiger partial charge is 0.256 e. The summed E-state index contributed by atoms with van der Waals surface area (Å²) in [6, 6.07) is 8.57. The third-order valence-electron chi connectivity index (χ3n) is 4.35. The molecule has 1 aromatic carbocycles. The highest BCUT2D eigenvalue weighted by atomic mass is 19.1. The maximum atomic E-state index is 14.0. The predicted octanol–water partition coefficient (Wildman–Crippen LogP) is 1.11. The first-order valence-corrected chi connectivity index (χ1v) is 8.19. The molecular weight excluding hydrogens is 357 g/mol. The van der Waals surface area contributed by atoms with Crippen molar-refractivity contribution in [1.29, 1.82) is 0 Å². The summed E-state index contributed by atoms with van der Waals surface area (Å²) in [5, 5.41) is 23.7. The van der Waals surface area contributed by atoms with Gasteiger partial charge in [0.15, 0.2) is 29.4 Å². The molecule has 10 heteroatoms. The molecule has 2 aromatic heterocycles. The molecule has 1 radical (unpaired) electrons. The van der Waals surface area contributed by atoms with E-state index in [1.165, 1.54) is 17.2 Å². The molecule has 1 aliphatic heterocycles. The van der Waals surface area contributed by atoms with Crippen LogP contribution in [0, 0.1) is 0 Å². The Kier molecular flexibility index (Phi) is 4.52. The Hall–Kier alpha value is -2.95. The van der Waals surface area contributed by atoms with Crippen molar-refractivity contribution in [2.45, 2.75) is 24.6 Å². The summed E-state index contributed by atoms with van der Waals surface area (Å²) in [6.07, 6.45) is -3.22. The van der Waals surface area contributed by atoms with Crippen molar-refractivity contribution in [1.82, 2.24) is 19.5 Å². The molecule has 1 aliphatic rings. The van der Waals surface area contributed by atoms with Crippen LogP contribution in [-0.2, 0) is 9.84 Å². The molecule has 9 nitrogen and oxygen atoms in total. The molecule has 3 heterocycles. The largest absolute Gasteiger partial charge is 0.385 e. The number of amides is 1. The summed E-state index contributed by atoms with van der Waals surface area (Å²) in [4.78, 5) is 24.6. The average Bonchev–Trinajstić information content (AvgIpc) is 3.25.